The molecule has 1 aliphatic rings. The molecule has 0 radical (unpaired) electrons. The monoisotopic (exact) mass is 346 g/mol. The molecule has 130 valence electrons. The highest BCUT2D eigenvalue weighted by Crippen LogP contribution is 2.22. The van der Waals surface area contributed by atoms with Crippen molar-refractivity contribution in [2.45, 2.75) is 12.5 Å². The minimum atomic E-state index is 0.265. The number of rotatable bonds is 4. The van der Waals surface area contributed by atoms with Gasteiger partial charge < -0.3 is 10.2 Å². The molecule has 8 heteroatoms. The second kappa shape index (κ2) is 6.80. The number of anilines is 2. The highest BCUT2D eigenvalue weighted by Gasteiger charge is 2.24. The van der Waals surface area contributed by atoms with E-state index < -0.39 is 0 Å². The SMILES string of the molecule is Cn1cc(-c2ccnc(N3CCC(Nc4ccc(C#N)cn4)C3)n2)cn1. The van der Waals surface area contributed by atoms with Gasteiger partial charge in [0.15, 0.2) is 0 Å². The van der Waals surface area contributed by atoms with E-state index in [-0.39, 0.29) is 6.04 Å². The Balaban J connectivity index is 1.44. The zero-order valence-electron chi connectivity index (χ0n) is 14.4. The zero-order chi connectivity index (χ0) is 17.9. The first kappa shape index (κ1) is 16.0. The molecule has 1 N–H and O–H groups in total. The normalized spacial score (nSPS) is 16.5. The van der Waals surface area contributed by atoms with Crippen LogP contribution in [0, 0.1) is 11.3 Å². The Morgan fingerprint density at radius 1 is 1.23 bits per heavy atom. The first-order chi connectivity index (χ1) is 12.7. The lowest BCUT2D eigenvalue weighted by molar-refractivity contribution is 0.768. The van der Waals surface area contributed by atoms with Crippen LogP contribution in [-0.4, -0.2) is 43.9 Å². The van der Waals surface area contributed by atoms with Crippen LogP contribution in [0.2, 0.25) is 0 Å². The number of hydrogen-bond acceptors (Lipinski definition) is 7. The summed E-state index contributed by atoms with van der Waals surface area (Å²) in [6.45, 7) is 1.68. The minimum absolute atomic E-state index is 0.265. The van der Waals surface area contributed by atoms with Gasteiger partial charge in [-0.05, 0) is 24.6 Å². The van der Waals surface area contributed by atoms with Gasteiger partial charge in [-0.1, -0.05) is 0 Å². The molecule has 1 fully saturated rings. The number of aryl methyl sites for hydroxylation is 1. The number of aromatic nitrogens is 5. The molecule has 0 aliphatic carbocycles. The number of pyridine rings is 1. The number of hydrogen-bond donors (Lipinski definition) is 1. The number of nitrogens with one attached hydrogen (secondary N) is 1. The second-order valence-corrected chi connectivity index (χ2v) is 6.26. The molecule has 8 nitrogen and oxygen atoms in total. The van der Waals surface area contributed by atoms with Gasteiger partial charge in [0.2, 0.25) is 5.95 Å². The average Bonchev–Trinajstić information content (AvgIpc) is 3.32. The van der Waals surface area contributed by atoms with Gasteiger partial charge in [-0.2, -0.15) is 10.4 Å². The molecule has 3 aromatic rings. The third kappa shape index (κ3) is 3.32. The van der Waals surface area contributed by atoms with Crippen LogP contribution in [0.4, 0.5) is 11.8 Å². The van der Waals surface area contributed by atoms with Crippen molar-refractivity contribution in [1.29, 1.82) is 5.26 Å². The lowest BCUT2D eigenvalue weighted by Crippen LogP contribution is -2.27. The molecule has 1 atom stereocenters. The van der Waals surface area contributed by atoms with Crippen molar-refractivity contribution in [2.24, 2.45) is 7.05 Å². The number of nitriles is 1. The van der Waals surface area contributed by atoms with E-state index in [2.05, 4.69) is 36.3 Å². The first-order valence-electron chi connectivity index (χ1n) is 8.41. The third-order valence-electron chi connectivity index (χ3n) is 4.36. The number of nitrogens with zero attached hydrogens (tertiary/aromatic N) is 7. The van der Waals surface area contributed by atoms with Crippen molar-refractivity contribution in [3.05, 3.63) is 48.5 Å². The summed E-state index contributed by atoms with van der Waals surface area (Å²) in [5, 5.41) is 16.5. The van der Waals surface area contributed by atoms with Crippen LogP contribution < -0.4 is 10.2 Å². The van der Waals surface area contributed by atoms with Crippen molar-refractivity contribution >= 4 is 11.8 Å². The summed E-state index contributed by atoms with van der Waals surface area (Å²) < 4.78 is 1.76. The molecule has 4 rings (SSSR count). The molecule has 0 saturated carbocycles. The molecule has 0 bridgehead atoms. The van der Waals surface area contributed by atoms with E-state index in [1.54, 1.807) is 29.3 Å². The van der Waals surface area contributed by atoms with E-state index in [1.807, 2.05) is 25.4 Å². The lowest BCUT2D eigenvalue weighted by Gasteiger charge is -2.17. The van der Waals surface area contributed by atoms with Gasteiger partial charge in [-0.25, -0.2) is 15.0 Å². The third-order valence-corrected chi connectivity index (χ3v) is 4.36. The van der Waals surface area contributed by atoms with Crippen LogP contribution in [0.1, 0.15) is 12.0 Å². The van der Waals surface area contributed by atoms with Gasteiger partial charge in [0.1, 0.15) is 11.9 Å². The minimum Gasteiger partial charge on any atom is -0.365 e. The van der Waals surface area contributed by atoms with Crippen molar-refractivity contribution < 1.29 is 0 Å². The Morgan fingerprint density at radius 2 is 2.15 bits per heavy atom. The predicted octanol–water partition coefficient (Wildman–Crippen LogP) is 1.83. The van der Waals surface area contributed by atoms with E-state index in [0.717, 1.165) is 42.5 Å². The Hall–Kier alpha value is -3.47. The van der Waals surface area contributed by atoms with Crippen LogP contribution in [0.3, 0.4) is 0 Å². The molecule has 3 aromatic heterocycles. The fraction of sp³-hybridized carbons (Fsp3) is 0.278. The summed E-state index contributed by atoms with van der Waals surface area (Å²) >= 11 is 0. The van der Waals surface area contributed by atoms with Crippen molar-refractivity contribution in [1.82, 2.24) is 24.7 Å². The average molecular weight is 346 g/mol. The Morgan fingerprint density at radius 3 is 2.88 bits per heavy atom. The highest BCUT2D eigenvalue weighted by molar-refractivity contribution is 5.58. The van der Waals surface area contributed by atoms with Gasteiger partial charge in [0, 0.05) is 50.3 Å². The van der Waals surface area contributed by atoms with Gasteiger partial charge in [-0.3, -0.25) is 4.68 Å². The lowest BCUT2D eigenvalue weighted by atomic mass is 10.2. The van der Waals surface area contributed by atoms with Gasteiger partial charge in [0.25, 0.3) is 0 Å². The van der Waals surface area contributed by atoms with E-state index >= 15 is 0 Å². The summed E-state index contributed by atoms with van der Waals surface area (Å²) in [7, 11) is 1.89. The Bertz CT molecular complexity index is 940. The molecular weight excluding hydrogens is 328 g/mol. The van der Waals surface area contributed by atoms with Crippen LogP contribution in [0.15, 0.2) is 43.0 Å². The van der Waals surface area contributed by atoms with E-state index in [0.29, 0.717) is 5.56 Å². The summed E-state index contributed by atoms with van der Waals surface area (Å²) in [5.74, 6) is 1.50. The first-order valence-corrected chi connectivity index (χ1v) is 8.41. The van der Waals surface area contributed by atoms with Crippen molar-refractivity contribution in [3.63, 3.8) is 0 Å². The molecule has 4 heterocycles. The second-order valence-electron chi connectivity index (χ2n) is 6.26. The van der Waals surface area contributed by atoms with E-state index in [4.69, 9.17) is 5.26 Å². The Kier molecular flexibility index (Phi) is 4.19. The molecule has 1 saturated heterocycles. The maximum absolute atomic E-state index is 8.84. The summed E-state index contributed by atoms with van der Waals surface area (Å²) in [6.07, 6.45) is 8.08. The van der Waals surface area contributed by atoms with Crippen molar-refractivity contribution in [2.75, 3.05) is 23.3 Å². The standard InChI is InChI=1S/C18H18N8/c1-25-11-14(10-22-25)16-4-6-20-18(24-16)26-7-5-15(12-26)23-17-3-2-13(8-19)9-21-17/h2-4,6,9-11,15H,5,7,12H2,1H3,(H,21,23). The van der Waals surface area contributed by atoms with Gasteiger partial charge in [0.05, 0.1) is 17.5 Å². The molecule has 1 aliphatic heterocycles. The summed E-state index contributed by atoms with van der Waals surface area (Å²) in [6, 6.07) is 7.84. The fourth-order valence-electron chi connectivity index (χ4n) is 3.03. The highest BCUT2D eigenvalue weighted by atomic mass is 15.3. The zero-order valence-corrected chi connectivity index (χ0v) is 14.4. The van der Waals surface area contributed by atoms with Gasteiger partial charge in [-0.15, -0.1) is 0 Å². The molecule has 26 heavy (non-hydrogen) atoms. The smallest absolute Gasteiger partial charge is 0.225 e. The van der Waals surface area contributed by atoms with Gasteiger partial charge >= 0.3 is 0 Å². The molecule has 1 unspecified atom stereocenters. The van der Waals surface area contributed by atoms with Crippen LogP contribution in [0.25, 0.3) is 11.3 Å². The summed E-state index contributed by atoms with van der Waals surface area (Å²) in [4.78, 5) is 15.6. The van der Waals surface area contributed by atoms with E-state index in [9.17, 15) is 0 Å². The van der Waals surface area contributed by atoms with Crippen LogP contribution >= 0.6 is 0 Å². The van der Waals surface area contributed by atoms with E-state index in [1.165, 1.54) is 0 Å². The van der Waals surface area contributed by atoms with Crippen LogP contribution in [-0.2, 0) is 7.05 Å². The maximum Gasteiger partial charge on any atom is 0.225 e. The fourth-order valence-corrected chi connectivity index (χ4v) is 3.03. The quantitative estimate of drug-likeness (QED) is 0.770. The van der Waals surface area contributed by atoms with Crippen LogP contribution in [0.5, 0.6) is 0 Å². The largest absolute Gasteiger partial charge is 0.365 e. The predicted molar refractivity (Wildman–Crippen MR) is 97.4 cm³/mol. The van der Waals surface area contributed by atoms with Crippen molar-refractivity contribution in [3.8, 4) is 17.3 Å². The molecule has 0 spiro atoms. The molecule has 0 amide bonds. The topological polar surface area (TPSA) is 95.6 Å². The Labute approximate surface area is 151 Å². The molecular formula is C18H18N8. The molecule has 0 aromatic carbocycles. The summed E-state index contributed by atoms with van der Waals surface area (Å²) in [5.41, 5.74) is 2.41. The maximum atomic E-state index is 8.84.